The second-order valence-corrected chi connectivity index (χ2v) is 7.08. The van der Waals surface area contributed by atoms with Crippen molar-refractivity contribution in [2.24, 2.45) is 0 Å². The summed E-state index contributed by atoms with van der Waals surface area (Å²) in [6, 6.07) is 6.06. The van der Waals surface area contributed by atoms with Crippen LogP contribution in [-0.4, -0.2) is 30.4 Å². The second-order valence-electron chi connectivity index (χ2n) is 6.16. The molecule has 0 atom stereocenters. The van der Waals surface area contributed by atoms with E-state index in [0.29, 0.717) is 13.2 Å². The third-order valence-corrected chi connectivity index (χ3v) is 4.83. The second kappa shape index (κ2) is 6.51. The van der Waals surface area contributed by atoms with Gasteiger partial charge in [0.05, 0.1) is 5.60 Å². The molecule has 4 heteroatoms. The zero-order valence-corrected chi connectivity index (χ0v) is 13.8. The molecule has 2 N–H and O–H groups in total. The van der Waals surface area contributed by atoms with Crippen molar-refractivity contribution in [2.75, 3.05) is 19.7 Å². The third-order valence-electron chi connectivity index (χ3n) is 4.33. The lowest BCUT2D eigenvalue weighted by Gasteiger charge is -2.32. The van der Waals surface area contributed by atoms with Crippen LogP contribution < -0.4 is 10.1 Å². The van der Waals surface area contributed by atoms with E-state index in [1.165, 1.54) is 12.0 Å². The van der Waals surface area contributed by atoms with Gasteiger partial charge >= 0.3 is 0 Å². The van der Waals surface area contributed by atoms with Gasteiger partial charge in [-0.05, 0) is 42.7 Å². The number of halogens is 1. The van der Waals surface area contributed by atoms with Gasteiger partial charge in [0, 0.05) is 23.1 Å². The molecule has 1 heterocycles. The van der Waals surface area contributed by atoms with Gasteiger partial charge in [-0.15, -0.1) is 0 Å². The summed E-state index contributed by atoms with van der Waals surface area (Å²) in [4.78, 5) is 0. The number of nitrogens with one attached hydrogen (secondary N) is 1. The molecule has 1 fully saturated rings. The number of ether oxygens (including phenoxy) is 1. The summed E-state index contributed by atoms with van der Waals surface area (Å²) in [7, 11) is 0. The first-order valence-corrected chi connectivity index (χ1v) is 8.49. The average molecular weight is 352 g/mol. The fraction of sp³-hybridized carbons (Fsp3) is 0.529. The quantitative estimate of drug-likeness (QED) is 0.871. The van der Waals surface area contributed by atoms with E-state index in [2.05, 4.69) is 33.4 Å². The van der Waals surface area contributed by atoms with E-state index >= 15 is 0 Å². The van der Waals surface area contributed by atoms with Gasteiger partial charge < -0.3 is 15.2 Å². The van der Waals surface area contributed by atoms with Crippen LogP contribution in [0.1, 0.15) is 37.7 Å². The monoisotopic (exact) mass is 351 g/mol. The van der Waals surface area contributed by atoms with Crippen LogP contribution in [0.5, 0.6) is 5.75 Å². The van der Waals surface area contributed by atoms with Crippen LogP contribution in [0.4, 0.5) is 0 Å². The molecule has 3 nitrogen and oxygen atoms in total. The average Bonchev–Trinajstić information content (AvgIpc) is 2.47. The summed E-state index contributed by atoms with van der Waals surface area (Å²) in [5.74, 6) is 0.938. The number of fused-ring (bicyclic) bond motifs is 1. The number of aliphatic hydroxyl groups is 1. The van der Waals surface area contributed by atoms with Crippen LogP contribution in [0.3, 0.4) is 0 Å². The first-order chi connectivity index (χ1) is 10.1. The summed E-state index contributed by atoms with van der Waals surface area (Å²) in [5.41, 5.74) is 1.83. The maximum absolute atomic E-state index is 10.5. The van der Waals surface area contributed by atoms with Crippen LogP contribution in [0.15, 0.2) is 28.2 Å². The highest BCUT2D eigenvalue weighted by Gasteiger charge is 2.28. The third kappa shape index (κ3) is 3.87. The Labute approximate surface area is 134 Å². The van der Waals surface area contributed by atoms with Crippen LogP contribution >= 0.6 is 15.9 Å². The predicted octanol–water partition coefficient (Wildman–Crippen LogP) is 3.51. The fourth-order valence-electron chi connectivity index (χ4n) is 3.14. The number of benzene rings is 1. The minimum Gasteiger partial charge on any atom is -0.489 e. The highest BCUT2D eigenvalue weighted by atomic mass is 79.9. The van der Waals surface area contributed by atoms with Crippen molar-refractivity contribution in [2.45, 2.75) is 37.7 Å². The molecule has 0 radical (unpaired) electrons. The fourth-order valence-corrected chi connectivity index (χ4v) is 3.52. The molecule has 1 aromatic carbocycles. The van der Waals surface area contributed by atoms with Crippen LogP contribution in [-0.2, 0) is 0 Å². The molecule has 1 aromatic rings. The maximum Gasteiger partial charge on any atom is 0.127 e. The van der Waals surface area contributed by atoms with E-state index in [9.17, 15) is 5.11 Å². The Bertz CT molecular complexity index is 536. The summed E-state index contributed by atoms with van der Waals surface area (Å²) in [6.07, 6.45) is 7.57. The topological polar surface area (TPSA) is 41.5 Å². The van der Waals surface area contributed by atoms with Gasteiger partial charge in [-0.3, -0.25) is 0 Å². The van der Waals surface area contributed by atoms with Crippen LogP contribution in [0.2, 0.25) is 0 Å². The molecular formula is C17H22BrNO2. The highest BCUT2D eigenvalue weighted by molar-refractivity contribution is 9.10. The van der Waals surface area contributed by atoms with Gasteiger partial charge in [-0.25, -0.2) is 0 Å². The smallest absolute Gasteiger partial charge is 0.127 e. The summed E-state index contributed by atoms with van der Waals surface area (Å²) >= 11 is 3.49. The van der Waals surface area contributed by atoms with E-state index in [0.717, 1.165) is 48.0 Å². The zero-order chi connectivity index (χ0) is 14.7. The Morgan fingerprint density at radius 1 is 1.24 bits per heavy atom. The Kier molecular flexibility index (Phi) is 4.67. The summed E-state index contributed by atoms with van der Waals surface area (Å²) < 4.78 is 6.83. The van der Waals surface area contributed by atoms with Gasteiger partial charge in [0.25, 0.3) is 0 Å². The molecule has 0 amide bonds. The molecule has 1 aliphatic carbocycles. The normalized spacial score (nSPS) is 20.4. The van der Waals surface area contributed by atoms with Gasteiger partial charge in [-0.2, -0.15) is 0 Å². The molecule has 0 bridgehead atoms. The number of rotatable bonds is 4. The van der Waals surface area contributed by atoms with Gasteiger partial charge in [-0.1, -0.05) is 35.2 Å². The Balaban J connectivity index is 1.56. The minimum atomic E-state index is -0.505. The number of hydrogen-bond donors (Lipinski definition) is 2. The van der Waals surface area contributed by atoms with Gasteiger partial charge in [0.1, 0.15) is 12.4 Å². The molecule has 1 aliphatic heterocycles. The molecule has 0 aromatic heterocycles. The largest absolute Gasteiger partial charge is 0.489 e. The summed E-state index contributed by atoms with van der Waals surface area (Å²) in [6.45, 7) is 2.07. The van der Waals surface area contributed by atoms with Crippen molar-refractivity contribution in [1.82, 2.24) is 5.32 Å². The van der Waals surface area contributed by atoms with Gasteiger partial charge in [0.2, 0.25) is 0 Å². The minimum absolute atomic E-state index is 0.505. The molecule has 2 aliphatic rings. The van der Waals surface area contributed by atoms with Crippen LogP contribution in [0.25, 0.3) is 6.08 Å². The zero-order valence-electron chi connectivity index (χ0n) is 12.2. The Morgan fingerprint density at radius 3 is 2.86 bits per heavy atom. The standard InChI is InChI=1S/C17H22BrNO2/c18-15-4-5-16-14(9-15)8-13(11-21-16)10-19-12-17(20)6-2-1-3-7-17/h4-5,8-9,19-20H,1-3,6-7,10-12H2. The molecule has 114 valence electrons. The number of hydrogen-bond acceptors (Lipinski definition) is 3. The Hall–Kier alpha value is -0.840. The molecule has 21 heavy (non-hydrogen) atoms. The van der Waals surface area contributed by atoms with Crippen molar-refractivity contribution in [3.05, 3.63) is 33.8 Å². The van der Waals surface area contributed by atoms with E-state index in [-0.39, 0.29) is 0 Å². The van der Waals surface area contributed by atoms with Crippen molar-refractivity contribution in [1.29, 1.82) is 0 Å². The molecule has 0 unspecified atom stereocenters. The molecule has 1 saturated carbocycles. The van der Waals surface area contributed by atoms with E-state index in [4.69, 9.17) is 4.74 Å². The van der Waals surface area contributed by atoms with Crippen molar-refractivity contribution < 1.29 is 9.84 Å². The SMILES string of the molecule is OC1(CNCC2=Cc3cc(Br)ccc3OC2)CCCCC1. The molecule has 0 saturated heterocycles. The van der Waals surface area contributed by atoms with E-state index < -0.39 is 5.60 Å². The molecule has 0 spiro atoms. The van der Waals surface area contributed by atoms with Gasteiger partial charge in [0.15, 0.2) is 0 Å². The lowest BCUT2D eigenvalue weighted by molar-refractivity contribution is 0.00553. The summed E-state index contributed by atoms with van der Waals surface area (Å²) in [5, 5.41) is 13.9. The lowest BCUT2D eigenvalue weighted by atomic mass is 9.85. The molecule has 3 rings (SSSR count). The predicted molar refractivity (Wildman–Crippen MR) is 88.5 cm³/mol. The van der Waals surface area contributed by atoms with Crippen LogP contribution in [0, 0.1) is 0 Å². The highest BCUT2D eigenvalue weighted by Crippen LogP contribution is 2.29. The van der Waals surface area contributed by atoms with E-state index in [1.54, 1.807) is 0 Å². The first-order valence-electron chi connectivity index (χ1n) is 7.70. The lowest BCUT2D eigenvalue weighted by Crippen LogP contribution is -2.43. The van der Waals surface area contributed by atoms with E-state index in [1.807, 2.05) is 12.1 Å². The maximum atomic E-state index is 10.5. The first kappa shape index (κ1) is 15.1. The molecular weight excluding hydrogens is 330 g/mol. The van der Waals surface area contributed by atoms with Crippen molar-refractivity contribution in [3.63, 3.8) is 0 Å². The Morgan fingerprint density at radius 2 is 2.05 bits per heavy atom. The van der Waals surface area contributed by atoms with Crippen molar-refractivity contribution >= 4 is 22.0 Å². The van der Waals surface area contributed by atoms with Crippen molar-refractivity contribution in [3.8, 4) is 5.75 Å².